The monoisotopic (exact) mass is 164 g/mol. The Balaban J connectivity index is 1.98. The molecule has 3 aliphatic carbocycles. The molecule has 0 radical (unpaired) electrons. The van der Waals surface area contributed by atoms with Gasteiger partial charge in [0.15, 0.2) is 0 Å². The quantitative estimate of drug-likeness (QED) is 0.537. The molecule has 0 aromatic heterocycles. The molecule has 3 aliphatic rings. The summed E-state index contributed by atoms with van der Waals surface area (Å²) in [5.41, 5.74) is 0.594. The molecule has 0 heterocycles. The Morgan fingerprint density at radius 1 is 1.33 bits per heavy atom. The molecule has 0 aromatic carbocycles. The van der Waals surface area contributed by atoms with E-state index >= 15 is 0 Å². The Labute approximate surface area is 73.5 Å². The Bertz CT molecular complexity index is 231. The zero-order valence-electron chi connectivity index (χ0n) is 7.68. The predicted molar refractivity (Wildman–Crippen MR) is 46.7 cm³/mol. The van der Waals surface area contributed by atoms with Crippen LogP contribution in [0.5, 0.6) is 0 Å². The van der Waals surface area contributed by atoms with Crippen LogP contribution in [0.4, 0.5) is 0 Å². The van der Waals surface area contributed by atoms with E-state index in [-0.39, 0.29) is 0 Å². The van der Waals surface area contributed by atoms with Gasteiger partial charge in [-0.3, -0.25) is 4.79 Å². The van der Waals surface area contributed by atoms with Gasteiger partial charge >= 0.3 is 0 Å². The number of rotatable bonds is 0. The molecule has 0 aromatic rings. The summed E-state index contributed by atoms with van der Waals surface area (Å²) < 4.78 is 0. The molecule has 0 saturated heterocycles. The smallest absolute Gasteiger partial charge is 0.136 e. The lowest BCUT2D eigenvalue weighted by molar-refractivity contribution is -0.190. The molecule has 0 spiro atoms. The van der Waals surface area contributed by atoms with Crippen LogP contribution in [0, 0.1) is 23.2 Å². The van der Waals surface area contributed by atoms with E-state index in [1.165, 1.54) is 25.7 Å². The molecular formula is C11H16O. The SMILES string of the molecule is CC12CCC(=O)C3[C@H]1CCC[C@H]32. The van der Waals surface area contributed by atoms with Crippen LogP contribution < -0.4 is 0 Å². The maximum atomic E-state index is 11.6. The summed E-state index contributed by atoms with van der Waals surface area (Å²) in [7, 11) is 0. The van der Waals surface area contributed by atoms with Crippen molar-refractivity contribution in [3.63, 3.8) is 0 Å². The van der Waals surface area contributed by atoms with Gasteiger partial charge in [-0.2, -0.15) is 0 Å². The van der Waals surface area contributed by atoms with Gasteiger partial charge in [0.25, 0.3) is 0 Å². The van der Waals surface area contributed by atoms with E-state index in [0.29, 0.717) is 17.1 Å². The second-order valence-corrected chi connectivity index (χ2v) is 5.14. The molecule has 0 N–H and O–H groups in total. The Morgan fingerprint density at radius 2 is 2.00 bits per heavy atom. The molecule has 2 atom stereocenters. The molecule has 3 saturated carbocycles. The molecule has 1 nitrogen and oxygen atoms in total. The van der Waals surface area contributed by atoms with Crippen molar-refractivity contribution in [3.8, 4) is 0 Å². The third kappa shape index (κ3) is 0.571. The van der Waals surface area contributed by atoms with Gasteiger partial charge in [0.2, 0.25) is 0 Å². The van der Waals surface area contributed by atoms with Gasteiger partial charge in [-0.1, -0.05) is 13.3 Å². The minimum Gasteiger partial charge on any atom is -0.299 e. The van der Waals surface area contributed by atoms with E-state index in [0.717, 1.165) is 18.3 Å². The van der Waals surface area contributed by atoms with Crippen molar-refractivity contribution in [1.29, 1.82) is 0 Å². The molecule has 12 heavy (non-hydrogen) atoms. The summed E-state index contributed by atoms with van der Waals surface area (Å²) in [6.07, 6.45) is 6.13. The number of hydrogen-bond acceptors (Lipinski definition) is 1. The van der Waals surface area contributed by atoms with Gasteiger partial charge in [-0.25, -0.2) is 0 Å². The largest absolute Gasteiger partial charge is 0.299 e. The summed E-state index contributed by atoms with van der Waals surface area (Å²) in [4.78, 5) is 11.6. The standard InChI is InChI=1S/C11H16O/c1-11-6-5-9(12)10-7(11)3-2-4-8(10)11/h7-8,10H,2-6H2,1H3/t7-,8-,10?,11?/m1/s1. The van der Waals surface area contributed by atoms with E-state index in [1.807, 2.05) is 0 Å². The van der Waals surface area contributed by atoms with Gasteiger partial charge in [0.1, 0.15) is 5.78 Å². The van der Waals surface area contributed by atoms with Gasteiger partial charge < -0.3 is 0 Å². The molecule has 3 fully saturated rings. The van der Waals surface area contributed by atoms with Gasteiger partial charge in [0, 0.05) is 12.3 Å². The minimum absolute atomic E-state index is 0.512. The summed E-state index contributed by atoms with van der Waals surface area (Å²) >= 11 is 0. The first kappa shape index (κ1) is 7.11. The second kappa shape index (κ2) is 1.94. The fourth-order valence-electron chi connectivity index (χ4n) is 4.21. The van der Waals surface area contributed by atoms with Crippen LogP contribution in [0.3, 0.4) is 0 Å². The van der Waals surface area contributed by atoms with Crippen LogP contribution in [-0.4, -0.2) is 5.78 Å². The molecule has 0 unspecified atom stereocenters. The number of carbonyl (C=O) groups is 1. The molecule has 1 heteroatoms. The highest BCUT2D eigenvalue weighted by Gasteiger charge is 2.64. The number of carbonyl (C=O) groups excluding carboxylic acids is 1. The maximum Gasteiger partial charge on any atom is 0.136 e. The van der Waals surface area contributed by atoms with Crippen LogP contribution in [-0.2, 0) is 4.79 Å². The van der Waals surface area contributed by atoms with Crippen molar-refractivity contribution in [2.75, 3.05) is 0 Å². The van der Waals surface area contributed by atoms with Crippen LogP contribution in [0.2, 0.25) is 0 Å². The van der Waals surface area contributed by atoms with Crippen LogP contribution in [0.25, 0.3) is 0 Å². The lowest BCUT2D eigenvalue weighted by atomic mass is 9.37. The van der Waals surface area contributed by atoms with E-state index < -0.39 is 0 Å². The normalized spacial score (nSPS) is 56.4. The Morgan fingerprint density at radius 3 is 2.58 bits per heavy atom. The Hall–Kier alpha value is -0.330. The van der Waals surface area contributed by atoms with Crippen molar-refractivity contribution >= 4 is 5.78 Å². The second-order valence-electron chi connectivity index (χ2n) is 5.14. The third-order valence-corrected chi connectivity index (χ3v) is 4.87. The summed E-state index contributed by atoms with van der Waals surface area (Å²) in [6.45, 7) is 2.42. The summed E-state index contributed by atoms with van der Waals surface area (Å²) in [5.74, 6) is 2.68. The maximum absolute atomic E-state index is 11.6. The van der Waals surface area contributed by atoms with Gasteiger partial charge in [-0.05, 0) is 36.5 Å². The van der Waals surface area contributed by atoms with Gasteiger partial charge in [0.05, 0.1) is 0 Å². The van der Waals surface area contributed by atoms with Crippen molar-refractivity contribution < 1.29 is 4.79 Å². The fourth-order valence-corrected chi connectivity index (χ4v) is 4.21. The number of fused-ring (bicyclic) bond motifs is 1. The van der Waals surface area contributed by atoms with E-state index in [1.54, 1.807) is 0 Å². The third-order valence-electron chi connectivity index (χ3n) is 4.87. The topological polar surface area (TPSA) is 17.1 Å². The lowest BCUT2D eigenvalue weighted by Crippen LogP contribution is -2.63. The summed E-state index contributed by atoms with van der Waals surface area (Å²) in [5, 5.41) is 0. The average molecular weight is 164 g/mol. The lowest BCUT2D eigenvalue weighted by Gasteiger charge is -2.66. The predicted octanol–water partition coefficient (Wildman–Crippen LogP) is 2.40. The number of hydrogen-bond donors (Lipinski definition) is 0. The first-order valence-corrected chi connectivity index (χ1v) is 5.26. The molecule has 4 bridgehead atoms. The van der Waals surface area contributed by atoms with E-state index in [2.05, 4.69) is 6.92 Å². The zero-order valence-corrected chi connectivity index (χ0v) is 7.68. The summed E-state index contributed by atoms with van der Waals surface area (Å²) in [6, 6.07) is 0. The highest BCUT2D eigenvalue weighted by molar-refractivity contribution is 5.85. The van der Waals surface area contributed by atoms with Crippen molar-refractivity contribution in [1.82, 2.24) is 0 Å². The first-order chi connectivity index (χ1) is 5.73. The molecule has 3 rings (SSSR count). The average Bonchev–Trinajstić information content (AvgIpc) is 2.11. The highest BCUT2D eigenvalue weighted by atomic mass is 16.1. The van der Waals surface area contributed by atoms with E-state index in [9.17, 15) is 4.79 Å². The van der Waals surface area contributed by atoms with Gasteiger partial charge in [-0.15, -0.1) is 0 Å². The number of Topliss-reactive ketones (excluding diaryl/α,β-unsaturated/α-hetero) is 1. The first-order valence-electron chi connectivity index (χ1n) is 5.26. The minimum atomic E-state index is 0.512. The van der Waals surface area contributed by atoms with Crippen molar-refractivity contribution in [3.05, 3.63) is 0 Å². The molecular weight excluding hydrogens is 148 g/mol. The van der Waals surface area contributed by atoms with E-state index in [4.69, 9.17) is 0 Å². The molecule has 0 aliphatic heterocycles. The molecule has 0 amide bonds. The highest BCUT2D eigenvalue weighted by Crippen LogP contribution is 2.68. The van der Waals surface area contributed by atoms with Crippen LogP contribution in [0.1, 0.15) is 39.0 Å². The molecule has 66 valence electrons. The van der Waals surface area contributed by atoms with Crippen molar-refractivity contribution in [2.24, 2.45) is 23.2 Å². The Kier molecular flexibility index (Phi) is 1.15. The fraction of sp³-hybridized carbons (Fsp3) is 0.909. The van der Waals surface area contributed by atoms with Crippen molar-refractivity contribution in [2.45, 2.75) is 39.0 Å². The zero-order chi connectivity index (χ0) is 8.34. The van der Waals surface area contributed by atoms with Crippen LogP contribution >= 0.6 is 0 Å². The van der Waals surface area contributed by atoms with Crippen LogP contribution in [0.15, 0.2) is 0 Å². The number of ketones is 1.